The van der Waals surface area contributed by atoms with Crippen LogP contribution in [0.1, 0.15) is 61.8 Å². The van der Waals surface area contributed by atoms with Gasteiger partial charge in [0, 0.05) is 9.75 Å². The van der Waals surface area contributed by atoms with E-state index in [9.17, 15) is 0 Å². The third kappa shape index (κ3) is 39.0. The standard InChI is InChI=1S/C8H17Cl.C4H9Cl/c1-7(2,3)6-8(4,5)9;1-4(2,3)5/h6H2,1-5H3;1-3H3. The maximum Gasteiger partial charge on any atom is 0.0395 e. The summed E-state index contributed by atoms with van der Waals surface area (Å²) in [5.41, 5.74) is 0.352. The van der Waals surface area contributed by atoms with Gasteiger partial charge in [-0.1, -0.05) is 20.8 Å². The summed E-state index contributed by atoms with van der Waals surface area (Å²) in [7, 11) is 0. The lowest BCUT2D eigenvalue weighted by molar-refractivity contribution is 0.336. The second-order valence-electron chi connectivity index (χ2n) is 6.52. The van der Waals surface area contributed by atoms with Gasteiger partial charge in [0.2, 0.25) is 0 Å². The van der Waals surface area contributed by atoms with Crippen LogP contribution in [0.15, 0.2) is 0 Å². The average Bonchev–Trinajstić information content (AvgIpc) is 1.42. The van der Waals surface area contributed by atoms with Crippen molar-refractivity contribution in [1.29, 1.82) is 0 Å². The molecule has 0 aliphatic heterocycles. The summed E-state index contributed by atoms with van der Waals surface area (Å²) in [5.74, 6) is 0. The van der Waals surface area contributed by atoms with Crippen LogP contribution in [0.3, 0.4) is 0 Å². The minimum Gasteiger partial charge on any atom is -0.120 e. The highest BCUT2D eigenvalue weighted by Crippen LogP contribution is 2.30. The van der Waals surface area contributed by atoms with E-state index in [0.29, 0.717) is 5.41 Å². The monoisotopic (exact) mass is 240 g/mol. The normalized spacial score (nSPS) is 13.3. The molecule has 0 aromatic heterocycles. The third-order valence-electron chi connectivity index (χ3n) is 0.951. The summed E-state index contributed by atoms with van der Waals surface area (Å²) in [4.78, 5) is -0.0712. The first-order chi connectivity index (χ1) is 5.71. The molecule has 0 unspecified atom stereocenters. The Bertz CT molecular complexity index is 123. The molecular weight excluding hydrogens is 215 g/mol. The Morgan fingerprint density at radius 2 is 0.929 bits per heavy atom. The van der Waals surface area contributed by atoms with Crippen molar-refractivity contribution < 1.29 is 0 Å². The smallest absolute Gasteiger partial charge is 0.0395 e. The SMILES string of the molecule is CC(C)(C)CC(C)(C)Cl.CC(C)(C)Cl. The van der Waals surface area contributed by atoms with Crippen LogP contribution in [0.2, 0.25) is 0 Å². The van der Waals surface area contributed by atoms with E-state index in [1.165, 1.54) is 0 Å². The third-order valence-corrected chi connectivity index (χ3v) is 1.08. The summed E-state index contributed by atoms with van der Waals surface area (Å²) in [5, 5.41) is 0. The fourth-order valence-electron chi connectivity index (χ4n) is 1.26. The molecule has 2 heteroatoms. The predicted octanol–water partition coefficient (Wildman–Crippen LogP) is 5.46. The fraction of sp³-hybridized carbons (Fsp3) is 1.00. The van der Waals surface area contributed by atoms with Crippen molar-refractivity contribution in [2.75, 3.05) is 0 Å². The molecule has 0 heterocycles. The van der Waals surface area contributed by atoms with E-state index < -0.39 is 0 Å². The minimum absolute atomic E-state index is 0.0278. The van der Waals surface area contributed by atoms with Crippen molar-refractivity contribution >= 4 is 23.2 Å². The van der Waals surface area contributed by atoms with Crippen molar-refractivity contribution in [3.8, 4) is 0 Å². The molecule has 0 aliphatic carbocycles. The second-order valence-corrected chi connectivity index (χ2v) is 8.68. The van der Waals surface area contributed by atoms with Gasteiger partial charge in [0.15, 0.2) is 0 Å². The number of halogens is 2. The Kier molecular flexibility index (Phi) is 6.80. The van der Waals surface area contributed by atoms with Gasteiger partial charge in [0.05, 0.1) is 0 Å². The molecule has 0 atom stereocenters. The molecular formula is C12H26Cl2. The Morgan fingerprint density at radius 3 is 0.929 bits per heavy atom. The first-order valence-electron chi connectivity index (χ1n) is 5.09. The molecule has 0 spiro atoms. The zero-order chi connectivity index (χ0) is 12.2. The lowest BCUT2D eigenvalue weighted by Gasteiger charge is -2.26. The highest BCUT2D eigenvalue weighted by atomic mass is 35.5. The maximum atomic E-state index is 6.02. The van der Waals surface area contributed by atoms with Crippen molar-refractivity contribution in [2.45, 2.75) is 71.6 Å². The zero-order valence-corrected chi connectivity index (χ0v) is 12.5. The van der Waals surface area contributed by atoms with E-state index in [-0.39, 0.29) is 9.75 Å². The summed E-state index contributed by atoms with van der Waals surface area (Å²) in [6.07, 6.45) is 1.06. The predicted molar refractivity (Wildman–Crippen MR) is 69.6 cm³/mol. The van der Waals surface area contributed by atoms with Gasteiger partial charge in [-0.2, -0.15) is 0 Å². The number of alkyl halides is 2. The van der Waals surface area contributed by atoms with Gasteiger partial charge in [0.1, 0.15) is 0 Å². The molecule has 0 saturated carbocycles. The van der Waals surface area contributed by atoms with Crippen LogP contribution in [0.25, 0.3) is 0 Å². The average molecular weight is 241 g/mol. The van der Waals surface area contributed by atoms with Crippen LogP contribution < -0.4 is 0 Å². The number of hydrogen-bond acceptors (Lipinski definition) is 0. The Labute approximate surface area is 100 Å². The Morgan fingerprint density at radius 1 is 0.714 bits per heavy atom. The van der Waals surface area contributed by atoms with Crippen LogP contribution in [-0.2, 0) is 0 Å². The molecule has 0 aliphatic rings. The summed E-state index contributed by atoms with van der Waals surface area (Å²) >= 11 is 11.5. The minimum atomic E-state index is -0.0434. The molecule has 0 aromatic rings. The van der Waals surface area contributed by atoms with Gasteiger partial charge in [-0.05, 0) is 46.5 Å². The van der Waals surface area contributed by atoms with Gasteiger partial charge in [-0.15, -0.1) is 23.2 Å². The molecule has 88 valence electrons. The lowest BCUT2D eigenvalue weighted by atomic mass is 9.86. The molecule has 14 heavy (non-hydrogen) atoms. The Hall–Kier alpha value is 0.580. The van der Waals surface area contributed by atoms with Gasteiger partial charge in [-0.3, -0.25) is 0 Å². The first kappa shape index (κ1) is 17.0. The highest BCUT2D eigenvalue weighted by Gasteiger charge is 2.22. The van der Waals surface area contributed by atoms with Crippen molar-refractivity contribution in [3.05, 3.63) is 0 Å². The van der Waals surface area contributed by atoms with Gasteiger partial charge < -0.3 is 0 Å². The van der Waals surface area contributed by atoms with Crippen LogP contribution in [0, 0.1) is 5.41 Å². The van der Waals surface area contributed by atoms with Crippen LogP contribution in [-0.4, -0.2) is 9.75 Å². The highest BCUT2D eigenvalue weighted by molar-refractivity contribution is 6.23. The molecule has 0 radical (unpaired) electrons. The molecule has 0 fully saturated rings. The summed E-state index contributed by atoms with van der Waals surface area (Å²) in [6.45, 7) is 16.6. The van der Waals surface area contributed by atoms with Crippen molar-refractivity contribution in [1.82, 2.24) is 0 Å². The van der Waals surface area contributed by atoms with E-state index >= 15 is 0 Å². The maximum absolute atomic E-state index is 6.02. The molecule has 0 nitrogen and oxygen atoms in total. The molecule has 0 N–H and O–H groups in total. The van der Waals surface area contributed by atoms with Gasteiger partial charge >= 0.3 is 0 Å². The van der Waals surface area contributed by atoms with Gasteiger partial charge in [-0.25, -0.2) is 0 Å². The van der Waals surface area contributed by atoms with E-state index in [1.807, 2.05) is 20.8 Å². The second kappa shape index (κ2) is 5.61. The molecule has 0 amide bonds. The quantitative estimate of drug-likeness (QED) is 0.534. The fourth-order valence-corrected chi connectivity index (χ4v) is 1.66. The molecule has 0 rings (SSSR count). The van der Waals surface area contributed by atoms with Gasteiger partial charge in [0.25, 0.3) is 0 Å². The first-order valence-corrected chi connectivity index (χ1v) is 5.84. The zero-order valence-electron chi connectivity index (χ0n) is 11.0. The molecule has 0 bridgehead atoms. The van der Waals surface area contributed by atoms with E-state index in [2.05, 4.69) is 34.6 Å². The van der Waals surface area contributed by atoms with E-state index in [1.54, 1.807) is 0 Å². The largest absolute Gasteiger partial charge is 0.120 e. The summed E-state index contributed by atoms with van der Waals surface area (Å²) in [6, 6.07) is 0. The summed E-state index contributed by atoms with van der Waals surface area (Å²) < 4.78 is 0. The molecule has 0 saturated heterocycles. The van der Waals surface area contributed by atoms with E-state index in [4.69, 9.17) is 23.2 Å². The van der Waals surface area contributed by atoms with Crippen molar-refractivity contribution in [2.24, 2.45) is 5.41 Å². The lowest BCUT2D eigenvalue weighted by Crippen LogP contribution is -2.20. The Balaban J connectivity index is 0. The number of rotatable bonds is 1. The number of hydrogen-bond donors (Lipinski definition) is 0. The topological polar surface area (TPSA) is 0 Å². The van der Waals surface area contributed by atoms with Crippen molar-refractivity contribution in [3.63, 3.8) is 0 Å². The van der Waals surface area contributed by atoms with Crippen LogP contribution >= 0.6 is 23.2 Å². The van der Waals surface area contributed by atoms with Crippen LogP contribution in [0.4, 0.5) is 0 Å². The molecule has 0 aromatic carbocycles. The van der Waals surface area contributed by atoms with Crippen LogP contribution in [0.5, 0.6) is 0 Å². The van der Waals surface area contributed by atoms with E-state index in [0.717, 1.165) is 6.42 Å².